The molecule has 0 heterocycles. The standard InChI is InChI=1S/C15H13F2NO3S/c1-21-10-4-7-12(13(19)8-10)14(20)18-9-2-5-11(6-3-9)22-15(16)17/h2-8,15,19H,1H3,(H,18,20). The Labute approximate surface area is 130 Å². The first-order valence-electron chi connectivity index (χ1n) is 6.23. The zero-order valence-corrected chi connectivity index (χ0v) is 12.4. The molecule has 2 aromatic rings. The molecule has 0 atom stereocenters. The van der Waals surface area contributed by atoms with Gasteiger partial charge in [0.2, 0.25) is 0 Å². The van der Waals surface area contributed by atoms with Crippen LogP contribution in [0.4, 0.5) is 14.5 Å². The number of amides is 1. The lowest BCUT2D eigenvalue weighted by atomic mass is 10.1. The number of carbonyl (C=O) groups is 1. The van der Waals surface area contributed by atoms with Crippen molar-refractivity contribution >= 4 is 23.4 Å². The molecule has 2 rings (SSSR count). The average molecular weight is 325 g/mol. The number of anilines is 1. The van der Waals surface area contributed by atoms with Crippen LogP contribution in [-0.2, 0) is 0 Å². The van der Waals surface area contributed by atoms with Gasteiger partial charge in [0.25, 0.3) is 11.7 Å². The average Bonchev–Trinajstić information content (AvgIpc) is 2.48. The van der Waals surface area contributed by atoms with Crippen LogP contribution in [0.2, 0.25) is 0 Å². The fourth-order valence-corrected chi connectivity index (χ4v) is 2.25. The van der Waals surface area contributed by atoms with Gasteiger partial charge in [-0.2, -0.15) is 8.78 Å². The summed E-state index contributed by atoms with van der Waals surface area (Å²) >= 11 is 0.429. The van der Waals surface area contributed by atoms with Crippen molar-refractivity contribution in [2.75, 3.05) is 12.4 Å². The van der Waals surface area contributed by atoms with Gasteiger partial charge in [-0.15, -0.1) is 0 Å². The maximum atomic E-state index is 12.2. The Balaban J connectivity index is 2.08. The Bertz CT molecular complexity index is 662. The molecule has 0 aromatic heterocycles. The maximum absolute atomic E-state index is 12.2. The Morgan fingerprint density at radius 3 is 2.45 bits per heavy atom. The second-order valence-electron chi connectivity index (χ2n) is 4.24. The van der Waals surface area contributed by atoms with Crippen molar-refractivity contribution in [2.24, 2.45) is 0 Å². The number of hydrogen-bond acceptors (Lipinski definition) is 4. The van der Waals surface area contributed by atoms with Crippen molar-refractivity contribution < 1.29 is 23.4 Å². The predicted molar refractivity (Wildman–Crippen MR) is 80.9 cm³/mol. The number of hydrogen-bond donors (Lipinski definition) is 2. The number of carbonyl (C=O) groups excluding carboxylic acids is 1. The molecule has 0 saturated carbocycles. The number of thioether (sulfide) groups is 1. The molecule has 2 aromatic carbocycles. The van der Waals surface area contributed by atoms with Gasteiger partial charge in [0.1, 0.15) is 11.5 Å². The van der Waals surface area contributed by atoms with Crippen LogP contribution in [0, 0.1) is 0 Å². The third-order valence-electron chi connectivity index (χ3n) is 2.79. The number of nitrogens with one attached hydrogen (secondary N) is 1. The number of halogens is 2. The van der Waals surface area contributed by atoms with Crippen LogP contribution < -0.4 is 10.1 Å². The minimum absolute atomic E-state index is 0.0897. The summed E-state index contributed by atoms with van der Waals surface area (Å²) in [4.78, 5) is 12.5. The largest absolute Gasteiger partial charge is 0.507 e. The van der Waals surface area contributed by atoms with Crippen LogP contribution in [0.5, 0.6) is 11.5 Å². The Hall–Kier alpha value is -2.28. The molecule has 0 aliphatic carbocycles. The van der Waals surface area contributed by atoms with E-state index in [1.165, 1.54) is 43.5 Å². The SMILES string of the molecule is COc1ccc(C(=O)Nc2ccc(SC(F)F)cc2)c(O)c1. The lowest BCUT2D eigenvalue weighted by molar-refractivity contribution is 0.102. The summed E-state index contributed by atoms with van der Waals surface area (Å²) in [7, 11) is 1.45. The molecule has 116 valence electrons. The summed E-state index contributed by atoms with van der Waals surface area (Å²) < 4.78 is 29.4. The summed E-state index contributed by atoms with van der Waals surface area (Å²) in [6, 6.07) is 10.3. The molecule has 22 heavy (non-hydrogen) atoms. The van der Waals surface area contributed by atoms with Gasteiger partial charge < -0.3 is 15.2 Å². The molecular formula is C15H13F2NO3S. The van der Waals surface area contributed by atoms with Crippen LogP contribution in [0.25, 0.3) is 0 Å². The van der Waals surface area contributed by atoms with Crippen LogP contribution >= 0.6 is 11.8 Å². The van der Waals surface area contributed by atoms with Gasteiger partial charge in [-0.25, -0.2) is 0 Å². The quantitative estimate of drug-likeness (QED) is 0.817. The van der Waals surface area contributed by atoms with Gasteiger partial charge in [-0.05, 0) is 36.4 Å². The lowest BCUT2D eigenvalue weighted by Gasteiger charge is -2.09. The Morgan fingerprint density at radius 2 is 1.91 bits per heavy atom. The molecule has 0 spiro atoms. The highest BCUT2D eigenvalue weighted by molar-refractivity contribution is 7.99. The molecule has 0 aliphatic heterocycles. The smallest absolute Gasteiger partial charge is 0.288 e. The zero-order valence-electron chi connectivity index (χ0n) is 11.5. The summed E-state index contributed by atoms with van der Waals surface area (Å²) in [6.45, 7) is 0. The number of phenols is 1. The van der Waals surface area contributed by atoms with Crippen molar-refractivity contribution in [2.45, 2.75) is 10.7 Å². The summed E-state index contributed by atoms with van der Waals surface area (Å²) in [6.07, 6.45) is 0. The molecule has 0 aliphatic rings. The first-order chi connectivity index (χ1) is 10.5. The number of aromatic hydroxyl groups is 1. The molecule has 0 saturated heterocycles. The second kappa shape index (κ2) is 7.13. The number of phenolic OH excluding ortho intramolecular Hbond substituents is 1. The third kappa shape index (κ3) is 4.11. The molecule has 4 nitrogen and oxygen atoms in total. The highest BCUT2D eigenvalue weighted by Gasteiger charge is 2.12. The van der Waals surface area contributed by atoms with E-state index in [9.17, 15) is 18.7 Å². The second-order valence-corrected chi connectivity index (χ2v) is 5.30. The molecule has 0 radical (unpaired) electrons. The van der Waals surface area contributed by atoms with Gasteiger partial charge in [0, 0.05) is 16.6 Å². The summed E-state index contributed by atoms with van der Waals surface area (Å²) in [5.41, 5.74) is 0.533. The van der Waals surface area contributed by atoms with Crippen molar-refractivity contribution in [3.05, 3.63) is 48.0 Å². The van der Waals surface area contributed by atoms with Gasteiger partial charge in [0.15, 0.2) is 0 Å². The fraction of sp³-hybridized carbons (Fsp3) is 0.133. The van der Waals surface area contributed by atoms with E-state index < -0.39 is 11.7 Å². The van der Waals surface area contributed by atoms with Crippen molar-refractivity contribution in [3.63, 3.8) is 0 Å². The van der Waals surface area contributed by atoms with E-state index in [1.807, 2.05) is 0 Å². The van der Waals surface area contributed by atoms with Crippen molar-refractivity contribution in [1.29, 1.82) is 0 Å². The third-order valence-corrected chi connectivity index (χ3v) is 3.51. The minimum Gasteiger partial charge on any atom is -0.507 e. The first kappa shape index (κ1) is 16.1. The molecule has 1 amide bonds. The number of ether oxygens (including phenoxy) is 1. The van der Waals surface area contributed by atoms with Crippen LogP contribution in [0.3, 0.4) is 0 Å². The summed E-state index contributed by atoms with van der Waals surface area (Å²) in [5, 5.41) is 12.4. The van der Waals surface area contributed by atoms with Gasteiger partial charge in [-0.3, -0.25) is 4.79 Å². The zero-order chi connectivity index (χ0) is 16.1. The fourth-order valence-electron chi connectivity index (χ4n) is 1.75. The number of alkyl halides is 2. The van der Waals surface area contributed by atoms with E-state index in [0.29, 0.717) is 28.1 Å². The highest BCUT2D eigenvalue weighted by atomic mass is 32.2. The molecular weight excluding hydrogens is 312 g/mol. The van der Waals surface area contributed by atoms with Crippen LogP contribution in [0.1, 0.15) is 10.4 Å². The molecule has 7 heteroatoms. The highest BCUT2D eigenvalue weighted by Crippen LogP contribution is 2.27. The van der Waals surface area contributed by atoms with E-state index in [2.05, 4.69) is 5.32 Å². The van der Waals surface area contributed by atoms with Crippen molar-refractivity contribution in [3.8, 4) is 11.5 Å². The monoisotopic (exact) mass is 325 g/mol. The van der Waals surface area contributed by atoms with E-state index in [1.54, 1.807) is 6.07 Å². The predicted octanol–water partition coefficient (Wildman–Crippen LogP) is 3.97. The summed E-state index contributed by atoms with van der Waals surface area (Å²) in [5.74, 6) is -2.77. The van der Waals surface area contributed by atoms with Crippen LogP contribution in [-0.4, -0.2) is 23.9 Å². The van der Waals surface area contributed by atoms with E-state index in [-0.39, 0.29) is 11.3 Å². The van der Waals surface area contributed by atoms with E-state index >= 15 is 0 Å². The first-order valence-corrected chi connectivity index (χ1v) is 7.11. The number of methoxy groups -OCH3 is 1. The van der Waals surface area contributed by atoms with Crippen LogP contribution in [0.15, 0.2) is 47.4 Å². The van der Waals surface area contributed by atoms with Crippen molar-refractivity contribution in [1.82, 2.24) is 0 Å². The Morgan fingerprint density at radius 1 is 1.23 bits per heavy atom. The molecule has 0 unspecified atom stereocenters. The molecule has 2 N–H and O–H groups in total. The van der Waals surface area contributed by atoms with Gasteiger partial charge in [-0.1, -0.05) is 11.8 Å². The van der Waals surface area contributed by atoms with E-state index in [4.69, 9.17) is 4.74 Å². The van der Waals surface area contributed by atoms with Gasteiger partial charge in [0.05, 0.1) is 12.7 Å². The topological polar surface area (TPSA) is 58.6 Å². The number of benzene rings is 2. The molecule has 0 bridgehead atoms. The maximum Gasteiger partial charge on any atom is 0.288 e. The number of rotatable bonds is 5. The van der Waals surface area contributed by atoms with Gasteiger partial charge >= 0.3 is 0 Å². The normalized spacial score (nSPS) is 10.5. The minimum atomic E-state index is -2.49. The molecule has 0 fully saturated rings. The lowest BCUT2D eigenvalue weighted by Crippen LogP contribution is -2.12. The Kier molecular flexibility index (Phi) is 5.21. The van der Waals surface area contributed by atoms with E-state index in [0.717, 1.165) is 0 Å².